The van der Waals surface area contributed by atoms with Gasteiger partial charge in [0.1, 0.15) is 0 Å². The van der Waals surface area contributed by atoms with Gasteiger partial charge in [0, 0.05) is 17.8 Å². The van der Waals surface area contributed by atoms with Crippen molar-refractivity contribution in [3.8, 4) is 0 Å². The Kier molecular flexibility index (Phi) is 3.52. The van der Waals surface area contributed by atoms with E-state index in [2.05, 4.69) is 15.5 Å². The lowest BCUT2D eigenvalue weighted by Gasteiger charge is -2.38. The van der Waals surface area contributed by atoms with Crippen molar-refractivity contribution in [2.45, 2.75) is 50.7 Å². The lowest BCUT2D eigenvalue weighted by Crippen LogP contribution is -2.49. The van der Waals surface area contributed by atoms with Gasteiger partial charge in [0.05, 0.1) is 18.4 Å². The lowest BCUT2D eigenvalue weighted by atomic mass is 9.98. The molecule has 1 N–H and O–H groups in total. The Bertz CT molecular complexity index is 685. The molecular weight excluding hydrogens is 290 g/mol. The highest BCUT2D eigenvalue weighted by molar-refractivity contribution is 5.90. The third-order valence-electron chi connectivity index (χ3n) is 4.98. The van der Waals surface area contributed by atoms with E-state index in [0.717, 1.165) is 36.9 Å². The van der Waals surface area contributed by atoms with Crippen LogP contribution in [0.3, 0.4) is 0 Å². The molecular formula is C17H21N5O. The van der Waals surface area contributed by atoms with Crippen LogP contribution in [-0.4, -0.2) is 38.0 Å². The summed E-state index contributed by atoms with van der Waals surface area (Å²) >= 11 is 0. The fraction of sp³-hybridized carbons (Fsp3) is 0.471. The molecule has 0 aliphatic carbocycles. The minimum absolute atomic E-state index is 0.0231. The molecule has 6 nitrogen and oxygen atoms in total. The summed E-state index contributed by atoms with van der Waals surface area (Å²) in [6.45, 7) is 2.03. The first-order valence-electron chi connectivity index (χ1n) is 8.22. The number of aryl methyl sites for hydroxylation is 1. The van der Waals surface area contributed by atoms with Gasteiger partial charge in [-0.2, -0.15) is 15.0 Å². The van der Waals surface area contributed by atoms with Crippen LogP contribution in [0.25, 0.3) is 0 Å². The molecule has 3 heterocycles. The van der Waals surface area contributed by atoms with Crippen LogP contribution in [0.4, 0.5) is 10.5 Å². The number of hydrogen-bond acceptors (Lipinski definition) is 3. The van der Waals surface area contributed by atoms with Crippen molar-refractivity contribution in [2.24, 2.45) is 0 Å². The second-order valence-electron chi connectivity index (χ2n) is 6.57. The SMILES string of the molecule is Cc1cccc(NC(=O)N2C3CCC2CC(n2nccn2)C3)c1. The number of carbonyl (C=O) groups is 1. The van der Waals surface area contributed by atoms with Crippen LogP contribution in [-0.2, 0) is 0 Å². The number of benzene rings is 1. The topological polar surface area (TPSA) is 63.1 Å². The van der Waals surface area contributed by atoms with Crippen LogP contribution in [0.15, 0.2) is 36.7 Å². The van der Waals surface area contributed by atoms with E-state index in [1.807, 2.05) is 36.1 Å². The van der Waals surface area contributed by atoms with Crippen molar-refractivity contribution in [2.75, 3.05) is 5.32 Å². The van der Waals surface area contributed by atoms with Gasteiger partial charge in [-0.25, -0.2) is 4.79 Å². The highest BCUT2D eigenvalue weighted by Gasteiger charge is 2.44. The molecule has 2 unspecified atom stereocenters. The van der Waals surface area contributed by atoms with Crippen molar-refractivity contribution in [1.29, 1.82) is 0 Å². The number of rotatable bonds is 2. The minimum Gasteiger partial charge on any atom is -0.318 e. The largest absolute Gasteiger partial charge is 0.322 e. The summed E-state index contributed by atoms with van der Waals surface area (Å²) in [4.78, 5) is 16.6. The smallest absolute Gasteiger partial charge is 0.318 e. The molecule has 0 radical (unpaired) electrons. The first-order chi connectivity index (χ1) is 11.2. The number of nitrogens with zero attached hydrogens (tertiary/aromatic N) is 4. The van der Waals surface area contributed by atoms with Gasteiger partial charge in [0.2, 0.25) is 0 Å². The molecule has 2 amide bonds. The van der Waals surface area contributed by atoms with Gasteiger partial charge in [-0.1, -0.05) is 12.1 Å². The molecule has 2 bridgehead atoms. The third-order valence-corrected chi connectivity index (χ3v) is 4.98. The molecule has 0 saturated carbocycles. The molecule has 2 fully saturated rings. The molecule has 4 rings (SSSR count). The number of nitrogens with one attached hydrogen (secondary N) is 1. The maximum absolute atomic E-state index is 12.7. The third kappa shape index (κ3) is 2.69. The number of carbonyl (C=O) groups excluding carboxylic acids is 1. The summed E-state index contributed by atoms with van der Waals surface area (Å²) in [6.07, 6.45) is 7.46. The van der Waals surface area contributed by atoms with Crippen molar-refractivity contribution < 1.29 is 4.79 Å². The normalized spacial score (nSPS) is 26.3. The Morgan fingerprint density at radius 2 is 1.83 bits per heavy atom. The average Bonchev–Trinajstić information content (AvgIpc) is 3.14. The van der Waals surface area contributed by atoms with Crippen LogP contribution in [0.2, 0.25) is 0 Å². The molecule has 1 aromatic heterocycles. The summed E-state index contributed by atoms with van der Waals surface area (Å²) in [5.74, 6) is 0. The number of anilines is 1. The fourth-order valence-electron chi connectivity index (χ4n) is 3.99. The zero-order chi connectivity index (χ0) is 15.8. The fourth-order valence-corrected chi connectivity index (χ4v) is 3.99. The first-order valence-corrected chi connectivity index (χ1v) is 8.22. The van der Waals surface area contributed by atoms with Crippen molar-refractivity contribution >= 4 is 11.7 Å². The van der Waals surface area contributed by atoms with E-state index in [0.29, 0.717) is 6.04 Å². The zero-order valence-electron chi connectivity index (χ0n) is 13.2. The van der Waals surface area contributed by atoms with Gasteiger partial charge >= 0.3 is 6.03 Å². The molecule has 1 aromatic carbocycles. The molecule has 2 aliphatic rings. The van der Waals surface area contributed by atoms with Crippen molar-refractivity contribution in [3.05, 3.63) is 42.2 Å². The monoisotopic (exact) mass is 311 g/mol. The van der Waals surface area contributed by atoms with Crippen LogP contribution in [0, 0.1) is 6.92 Å². The average molecular weight is 311 g/mol. The van der Waals surface area contributed by atoms with Gasteiger partial charge < -0.3 is 10.2 Å². The van der Waals surface area contributed by atoms with Crippen LogP contribution in [0.5, 0.6) is 0 Å². The van der Waals surface area contributed by atoms with Gasteiger partial charge in [-0.15, -0.1) is 0 Å². The van der Waals surface area contributed by atoms with Crippen LogP contribution >= 0.6 is 0 Å². The second kappa shape index (κ2) is 5.68. The maximum atomic E-state index is 12.7. The van der Waals surface area contributed by atoms with E-state index >= 15 is 0 Å². The van der Waals surface area contributed by atoms with Crippen molar-refractivity contribution in [1.82, 2.24) is 19.9 Å². The Hall–Kier alpha value is -2.37. The van der Waals surface area contributed by atoms with Crippen molar-refractivity contribution in [3.63, 3.8) is 0 Å². The Labute approximate surface area is 135 Å². The maximum Gasteiger partial charge on any atom is 0.322 e. The summed E-state index contributed by atoms with van der Waals surface area (Å²) in [6, 6.07) is 8.84. The lowest BCUT2D eigenvalue weighted by molar-refractivity contribution is 0.124. The molecule has 2 atom stereocenters. The summed E-state index contributed by atoms with van der Waals surface area (Å²) < 4.78 is 0. The molecule has 2 aliphatic heterocycles. The molecule has 2 aromatic rings. The number of amides is 2. The minimum atomic E-state index is 0.0231. The van der Waals surface area contributed by atoms with E-state index in [-0.39, 0.29) is 18.1 Å². The molecule has 6 heteroatoms. The van der Waals surface area contributed by atoms with E-state index < -0.39 is 0 Å². The Morgan fingerprint density at radius 3 is 2.48 bits per heavy atom. The molecule has 23 heavy (non-hydrogen) atoms. The highest BCUT2D eigenvalue weighted by Crippen LogP contribution is 2.40. The summed E-state index contributed by atoms with van der Waals surface area (Å²) in [5.41, 5.74) is 2.01. The number of aromatic nitrogens is 3. The predicted octanol–water partition coefficient (Wildman–Crippen LogP) is 2.99. The van der Waals surface area contributed by atoms with E-state index in [1.54, 1.807) is 17.2 Å². The summed E-state index contributed by atoms with van der Waals surface area (Å²) in [5, 5.41) is 11.6. The van der Waals surface area contributed by atoms with E-state index in [9.17, 15) is 4.79 Å². The first kappa shape index (κ1) is 14.2. The summed E-state index contributed by atoms with van der Waals surface area (Å²) in [7, 11) is 0. The van der Waals surface area contributed by atoms with Crippen LogP contribution in [0.1, 0.15) is 37.3 Å². The second-order valence-corrected chi connectivity index (χ2v) is 6.57. The van der Waals surface area contributed by atoms with E-state index in [4.69, 9.17) is 0 Å². The number of fused-ring (bicyclic) bond motifs is 2. The number of hydrogen-bond donors (Lipinski definition) is 1. The predicted molar refractivity (Wildman–Crippen MR) is 87.1 cm³/mol. The Balaban J connectivity index is 1.47. The molecule has 120 valence electrons. The van der Waals surface area contributed by atoms with E-state index in [1.165, 1.54) is 0 Å². The number of piperidine rings is 1. The standard InChI is InChI=1S/C17H21N5O/c1-12-3-2-4-13(9-12)20-17(23)21-14-5-6-15(21)11-16(10-14)22-18-7-8-19-22/h2-4,7-9,14-16H,5-6,10-11H2,1H3,(H,20,23). The quantitative estimate of drug-likeness (QED) is 0.927. The van der Waals surface area contributed by atoms with Gasteiger partial charge in [-0.3, -0.25) is 0 Å². The van der Waals surface area contributed by atoms with Gasteiger partial charge in [0.25, 0.3) is 0 Å². The zero-order valence-corrected chi connectivity index (χ0v) is 13.2. The van der Waals surface area contributed by atoms with Gasteiger partial charge in [-0.05, 0) is 50.3 Å². The molecule has 0 spiro atoms. The van der Waals surface area contributed by atoms with Gasteiger partial charge in [0.15, 0.2) is 0 Å². The molecule has 2 saturated heterocycles. The van der Waals surface area contributed by atoms with Crippen LogP contribution < -0.4 is 5.32 Å². The Morgan fingerprint density at radius 1 is 1.13 bits per heavy atom. The number of urea groups is 1. The highest BCUT2D eigenvalue weighted by atomic mass is 16.2.